The molecule has 0 fully saturated rings. The van der Waals surface area contributed by atoms with E-state index in [1.54, 1.807) is 24.3 Å². The van der Waals surface area contributed by atoms with Gasteiger partial charge < -0.3 is 5.32 Å². The van der Waals surface area contributed by atoms with Crippen molar-refractivity contribution in [2.45, 2.75) is 44.9 Å². The quantitative estimate of drug-likeness (QED) is 0.717. The van der Waals surface area contributed by atoms with Crippen LogP contribution in [0.4, 0.5) is 5.13 Å². The third kappa shape index (κ3) is 4.43. The van der Waals surface area contributed by atoms with Gasteiger partial charge in [-0.2, -0.15) is 0 Å². The van der Waals surface area contributed by atoms with E-state index in [1.807, 2.05) is 0 Å². The number of hydrogen-bond acceptors (Lipinski definition) is 4. The first kappa shape index (κ1) is 18.9. The fraction of sp³-hybridized carbons (Fsp3) is 0.421. The fourth-order valence-electron chi connectivity index (χ4n) is 3.01. The normalized spacial score (nSPS) is 16.0. The molecular weight excluding hydrogens is 370 g/mol. The maximum absolute atomic E-state index is 12.5. The van der Waals surface area contributed by atoms with Crippen molar-refractivity contribution in [3.05, 3.63) is 45.4 Å². The van der Waals surface area contributed by atoms with Crippen molar-refractivity contribution in [1.82, 2.24) is 10.3 Å². The highest BCUT2D eigenvalue weighted by Crippen LogP contribution is 2.37. The third-order valence-electron chi connectivity index (χ3n) is 4.43. The molecule has 2 amide bonds. The zero-order chi connectivity index (χ0) is 18.5. The van der Waals surface area contributed by atoms with E-state index >= 15 is 0 Å². The summed E-state index contributed by atoms with van der Waals surface area (Å²) in [7, 11) is 0. The molecule has 1 heterocycles. The Morgan fingerprint density at radius 3 is 2.81 bits per heavy atom. The van der Waals surface area contributed by atoms with Gasteiger partial charge in [0, 0.05) is 22.0 Å². The second-order valence-corrected chi connectivity index (χ2v) is 7.90. The first-order valence-corrected chi connectivity index (χ1v) is 10.1. The van der Waals surface area contributed by atoms with Gasteiger partial charge in [-0.25, -0.2) is 4.98 Å². The van der Waals surface area contributed by atoms with Crippen LogP contribution in [0, 0.1) is 0 Å². The first-order valence-electron chi connectivity index (χ1n) is 8.92. The number of carbonyl (C=O) groups excluding carboxylic acids is 2. The average molecular weight is 392 g/mol. The molecule has 0 radical (unpaired) electrons. The van der Waals surface area contributed by atoms with Crippen LogP contribution in [0.1, 0.15) is 59.5 Å². The largest absolute Gasteiger partial charge is 0.356 e. The Hall–Kier alpha value is -1.92. The Bertz CT molecular complexity index is 789. The van der Waals surface area contributed by atoms with E-state index in [9.17, 15) is 9.59 Å². The lowest BCUT2D eigenvalue weighted by Gasteiger charge is -2.20. The predicted molar refractivity (Wildman–Crippen MR) is 105 cm³/mol. The van der Waals surface area contributed by atoms with Gasteiger partial charge >= 0.3 is 0 Å². The van der Waals surface area contributed by atoms with Gasteiger partial charge in [0.25, 0.3) is 5.91 Å². The van der Waals surface area contributed by atoms with Crippen molar-refractivity contribution in [2.24, 2.45) is 0 Å². The number of aromatic nitrogens is 1. The van der Waals surface area contributed by atoms with Crippen LogP contribution in [-0.2, 0) is 11.2 Å². The second kappa shape index (κ2) is 8.64. The number of unbranched alkanes of at least 4 members (excludes halogenated alkanes) is 1. The molecule has 1 aromatic carbocycles. The lowest BCUT2D eigenvalue weighted by Crippen LogP contribution is -2.32. The molecule has 0 aliphatic heterocycles. The molecule has 2 aromatic rings. The van der Waals surface area contributed by atoms with Gasteiger partial charge in [-0.1, -0.05) is 24.9 Å². The minimum absolute atomic E-state index is 0.0419. The number of anilines is 1. The van der Waals surface area contributed by atoms with Crippen LogP contribution in [0.25, 0.3) is 0 Å². The van der Waals surface area contributed by atoms with E-state index in [1.165, 1.54) is 11.3 Å². The van der Waals surface area contributed by atoms with Crippen LogP contribution in [0.2, 0.25) is 5.02 Å². The number of hydrogen-bond donors (Lipinski definition) is 2. The molecular formula is C19H22ClN3O2S. The number of aryl methyl sites for hydroxylation is 1. The number of nitrogens with zero attached hydrogens (tertiary/aromatic N) is 1. The summed E-state index contributed by atoms with van der Waals surface area (Å²) in [6, 6.07) is 6.71. The zero-order valence-electron chi connectivity index (χ0n) is 14.7. The standard InChI is InChI=1S/C19H22ClN3O2S/c1-2-3-11-21-18(25)14-5-4-6-15-16(14)22-19(26-15)23-17(24)12-7-9-13(20)10-8-12/h7-10,14H,2-6,11H2,1H3,(H,21,25)(H,22,23,24). The van der Waals surface area contributed by atoms with Gasteiger partial charge in [-0.05, 0) is 49.9 Å². The van der Waals surface area contributed by atoms with Gasteiger partial charge in [0.15, 0.2) is 5.13 Å². The van der Waals surface area contributed by atoms with E-state index in [0.717, 1.165) is 42.7 Å². The Morgan fingerprint density at radius 2 is 2.08 bits per heavy atom. The predicted octanol–water partition coefficient (Wildman–Crippen LogP) is 4.39. The van der Waals surface area contributed by atoms with Crippen LogP contribution in [0.3, 0.4) is 0 Å². The van der Waals surface area contributed by atoms with Gasteiger partial charge in [0.2, 0.25) is 5.91 Å². The van der Waals surface area contributed by atoms with Gasteiger partial charge in [-0.15, -0.1) is 11.3 Å². The van der Waals surface area contributed by atoms with Crippen molar-refractivity contribution in [3.63, 3.8) is 0 Å². The number of amides is 2. The molecule has 0 saturated carbocycles. The van der Waals surface area contributed by atoms with Crippen LogP contribution < -0.4 is 10.6 Å². The summed E-state index contributed by atoms with van der Waals surface area (Å²) in [6.45, 7) is 2.80. The minimum atomic E-state index is -0.225. The monoisotopic (exact) mass is 391 g/mol. The van der Waals surface area contributed by atoms with Crippen LogP contribution in [-0.4, -0.2) is 23.3 Å². The van der Waals surface area contributed by atoms with Gasteiger partial charge in [0.1, 0.15) is 0 Å². The van der Waals surface area contributed by atoms with Crippen LogP contribution in [0.15, 0.2) is 24.3 Å². The Balaban J connectivity index is 1.71. The second-order valence-electron chi connectivity index (χ2n) is 6.38. The molecule has 2 N–H and O–H groups in total. The molecule has 1 aromatic heterocycles. The molecule has 0 spiro atoms. The number of fused-ring (bicyclic) bond motifs is 1. The number of nitrogens with one attached hydrogen (secondary N) is 2. The number of halogens is 1. The summed E-state index contributed by atoms with van der Waals surface area (Å²) in [6.07, 6.45) is 4.70. The maximum atomic E-state index is 12.5. The molecule has 5 nitrogen and oxygen atoms in total. The fourth-order valence-corrected chi connectivity index (χ4v) is 4.20. The minimum Gasteiger partial charge on any atom is -0.356 e. The average Bonchev–Trinajstić information content (AvgIpc) is 3.04. The lowest BCUT2D eigenvalue weighted by molar-refractivity contribution is -0.122. The summed E-state index contributed by atoms with van der Waals surface area (Å²) in [4.78, 5) is 30.5. The van der Waals surface area contributed by atoms with Gasteiger partial charge in [0.05, 0.1) is 11.6 Å². The van der Waals surface area contributed by atoms with Crippen molar-refractivity contribution in [1.29, 1.82) is 0 Å². The van der Waals surface area contributed by atoms with Crippen molar-refractivity contribution >= 4 is 39.9 Å². The van der Waals surface area contributed by atoms with Crippen LogP contribution in [0.5, 0.6) is 0 Å². The van der Waals surface area contributed by atoms with E-state index in [4.69, 9.17) is 11.6 Å². The van der Waals surface area contributed by atoms with E-state index in [-0.39, 0.29) is 17.7 Å². The summed E-state index contributed by atoms with van der Waals surface area (Å²) < 4.78 is 0. The Morgan fingerprint density at radius 1 is 1.31 bits per heavy atom. The smallest absolute Gasteiger partial charge is 0.257 e. The van der Waals surface area contributed by atoms with Crippen LogP contribution >= 0.6 is 22.9 Å². The lowest BCUT2D eigenvalue weighted by atomic mass is 9.90. The third-order valence-corrected chi connectivity index (χ3v) is 5.73. The molecule has 1 unspecified atom stereocenters. The SMILES string of the molecule is CCCCNC(=O)C1CCCc2sc(NC(=O)c3ccc(Cl)cc3)nc21. The number of rotatable bonds is 6. The molecule has 1 aliphatic rings. The summed E-state index contributed by atoms with van der Waals surface area (Å²) in [5.74, 6) is -0.398. The highest BCUT2D eigenvalue weighted by molar-refractivity contribution is 7.16. The molecule has 3 rings (SSSR count). The molecule has 7 heteroatoms. The first-order chi connectivity index (χ1) is 12.6. The van der Waals surface area contributed by atoms with Crippen molar-refractivity contribution in [3.8, 4) is 0 Å². The number of carbonyl (C=O) groups is 2. The Labute approximate surface area is 162 Å². The summed E-state index contributed by atoms with van der Waals surface area (Å²) >= 11 is 7.32. The number of thiazole rings is 1. The zero-order valence-corrected chi connectivity index (χ0v) is 16.3. The molecule has 0 saturated heterocycles. The molecule has 0 bridgehead atoms. The van der Waals surface area contributed by atoms with Gasteiger partial charge in [-0.3, -0.25) is 14.9 Å². The molecule has 1 atom stereocenters. The molecule has 138 valence electrons. The highest BCUT2D eigenvalue weighted by atomic mass is 35.5. The molecule has 1 aliphatic carbocycles. The van der Waals surface area contributed by atoms with E-state index in [2.05, 4.69) is 22.5 Å². The summed E-state index contributed by atoms with van der Waals surface area (Å²) in [5.41, 5.74) is 1.35. The topological polar surface area (TPSA) is 71.1 Å². The maximum Gasteiger partial charge on any atom is 0.257 e. The van der Waals surface area contributed by atoms with Crippen molar-refractivity contribution in [2.75, 3.05) is 11.9 Å². The Kier molecular flexibility index (Phi) is 6.27. The van der Waals surface area contributed by atoms with Crippen molar-refractivity contribution < 1.29 is 9.59 Å². The molecule has 26 heavy (non-hydrogen) atoms. The highest BCUT2D eigenvalue weighted by Gasteiger charge is 2.30. The van der Waals surface area contributed by atoms with E-state index in [0.29, 0.717) is 22.3 Å². The number of benzene rings is 1. The van der Waals surface area contributed by atoms with E-state index < -0.39 is 0 Å². The summed E-state index contributed by atoms with van der Waals surface area (Å²) in [5, 5.41) is 6.97.